The summed E-state index contributed by atoms with van der Waals surface area (Å²) in [7, 11) is 0. The van der Waals surface area contributed by atoms with E-state index >= 15 is 0 Å². The van der Waals surface area contributed by atoms with E-state index in [1.807, 2.05) is 0 Å². The van der Waals surface area contributed by atoms with Gasteiger partial charge in [-0.25, -0.2) is 14.3 Å². The van der Waals surface area contributed by atoms with Crippen molar-refractivity contribution in [1.29, 1.82) is 0 Å². The molecule has 0 saturated heterocycles. The zero-order chi connectivity index (χ0) is 20.4. The molecule has 3 N–H and O–H groups in total. The Morgan fingerprint density at radius 3 is 2.69 bits per heavy atom. The van der Waals surface area contributed by atoms with Crippen LogP contribution in [0.3, 0.4) is 0 Å². The Morgan fingerprint density at radius 1 is 1.10 bits per heavy atom. The summed E-state index contributed by atoms with van der Waals surface area (Å²) in [4.78, 5) is 36.9. The molecule has 1 aromatic carbocycles. The van der Waals surface area contributed by atoms with Gasteiger partial charge in [0.25, 0.3) is 11.8 Å². The van der Waals surface area contributed by atoms with Gasteiger partial charge in [0.15, 0.2) is 5.65 Å². The number of anilines is 1. The zero-order valence-electron chi connectivity index (χ0n) is 15.6. The molecule has 2 heterocycles. The summed E-state index contributed by atoms with van der Waals surface area (Å²) in [5, 5.41) is 12.2. The highest BCUT2D eigenvalue weighted by atomic mass is 35.5. The largest absolute Gasteiger partial charge is 0.349 e. The molecule has 0 spiro atoms. The Hall–Kier alpha value is -3.13. The van der Waals surface area contributed by atoms with E-state index in [9.17, 15) is 14.4 Å². The van der Waals surface area contributed by atoms with Gasteiger partial charge in [0.2, 0.25) is 0 Å². The molecule has 1 aliphatic carbocycles. The molecule has 1 saturated carbocycles. The first-order valence-corrected chi connectivity index (χ1v) is 9.87. The number of amides is 2. The number of carbonyl (C=O) groups excluding carboxylic acids is 2. The number of carbonyl (C=O) groups is 2. The number of H-pyrrole nitrogens is 1. The third-order valence-electron chi connectivity index (χ3n) is 5.08. The van der Waals surface area contributed by atoms with Gasteiger partial charge in [0, 0.05) is 17.9 Å². The first-order valence-electron chi connectivity index (χ1n) is 9.50. The molecule has 150 valence electrons. The highest BCUT2D eigenvalue weighted by Crippen LogP contribution is 2.23. The lowest BCUT2D eigenvalue weighted by atomic mass is 9.95. The fourth-order valence-electron chi connectivity index (χ4n) is 3.53. The molecule has 8 nitrogen and oxygen atoms in total. The van der Waals surface area contributed by atoms with Crippen molar-refractivity contribution in [2.24, 2.45) is 0 Å². The summed E-state index contributed by atoms with van der Waals surface area (Å²) < 4.78 is 1.25. The molecule has 0 radical (unpaired) electrons. The van der Waals surface area contributed by atoms with E-state index < -0.39 is 11.6 Å². The third-order valence-corrected chi connectivity index (χ3v) is 5.41. The Balaban J connectivity index is 1.51. The number of rotatable bonds is 4. The van der Waals surface area contributed by atoms with Crippen LogP contribution in [-0.2, 0) is 0 Å². The normalized spacial score (nSPS) is 14.7. The lowest BCUT2D eigenvalue weighted by Gasteiger charge is -2.23. The Morgan fingerprint density at radius 2 is 1.90 bits per heavy atom. The second-order valence-electron chi connectivity index (χ2n) is 7.13. The van der Waals surface area contributed by atoms with Gasteiger partial charge < -0.3 is 10.6 Å². The van der Waals surface area contributed by atoms with E-state index in [-0.39, 0.29) is 17.5 Å². The van der Waals surface area contributed by atoms with Crippen molar-refractivity contribution in [3.63, 3.8) is 0 Å². The van der Waals surface area contributed by atoms with Crippen LogP contribution in [0.4, 0.5) is 5.69 Å². The first kappa shape index (κ1) is 19.2. The summed E-state index contributed by atoms with van der Waals surface area (Å²) in [5.74, 6) is -0.662. The molecule has 1 fully saturated rings. The average Bonchev–Trinajstić information content (AvgIpc) is 3.10. The highest BCUT2D eigenvalue weighted by Gasteiger charge is 2.19. The van der Waals surface area contributed by atoms with Gasteiger partial charge in [-0.05, 0) is 43.2 Å². The summed E-state index contributed by atoms with van der Waals surface area (Å²) >= 11 is 6.21. The van der Waals surface area contributed by atoms with Crippen molar-refractivity contribution in [2.45, 2.75) is 38.1 Å². The van der Waals surface area contributed by atoms with Crippen LogP contribution < -0.4 is 16.3 Å². The topological polar surface area (TPSA) is 108 Å². The van der Waals surface area contributed by atoms with Gasteiger partial charge >= 0.3 is 5.69 Å². The molecule has 0 atom stereocenters. The Bertz CT molecular complexity index is 1130. The fraction of sp³-hybridized carbons (Fsp3) is 0.300. The summed E-state index contributed by atoms with van der Waals surface area (Å²) in [6.07, 6.45) is 6.76. The molecule has 3 aromatic rings. The van der Waals surface area contributed by atoms with Crippen LogP contribution in [0.25, 0.3) is 5.65 Å². The number of nitrogens with zero attached hydrogens (tertiary/aromatic N) is 2. The second-order valence-corrected chi connectivity index (χ2v) is 7.54. The number of hydrogen-bond acceptors (Lipinski definition) is 4. The predicted octanol–water partition coefficient (Wildman–Crippen LogP) is 2.99. The number of benzene rings is 1. The summed E-state index contributed by atoms with van der Waals surface area (Å²) in [5.41, 5.74) is 1.02. The van der Waals surface area contributed by atoms with Crippen LogP contribution in [0.2, 0.25) is 5.02 Å². The van der Waals surface area contributed by atoms with Crippen LogP contribution in [0.1, 0.15) is 52.8 Å². The maximum Gasteiger partial charge on any atom is 0.347 e. The summed E-state index contributed by atoms with van der Waals surface area (Å²) in [6, 6.07) is 8.05. The molecule has 9 heteroatoms. The van der Waals surface area contributed by atoms with E-state index in [1.165, 1.54) is 17.0 Å². The lowest BCUT2D eigenvalue weighted by molar-refractivity contribution is 0.0926. The molecule has 0 unspecified atom stereocenters. The van der Waals surface area contributed by atoms with Gasteiger partial charge in [-0.2, -0.15) is 5.10 Å². The van der Waals surface area contributed by atoms with E-state index in [4.69, 9.17) is 11.6 Å². The van der Waals surface area contributed by atoms with Gasteiger partial charge in [-0.1, -0.05) is 30.9 Å². The predicted molar refractivity (Wildman–Crippen MR) is 110 cm³/mol. The van der Waals surface area contributed by atoms with Crippen molar-refractivity contribution >= 4 is 34.7 Å². The molecule has 0 aliphatic heterocycles. The lowest BCUT2D eigenvalue weighted by Crippen LogP contribution is -2.36. The molecule has 2 amide bonds. The molecular weight excluding hydrogens is 394 g/mol. The van der Waals surface area contributed by atoms with Crippen LogP contribution >= 0.6 is 11.6 Å². The number of pyridine rings is 1. The standard InChI is InChI=1S/C20H20ClN5O3/c21-16-8-7-14(10-15(16)19(28)22-13-4-2-1-3-5-13)23-18(27)12-6-9-17-24-25-20(29)26(17)11-12/h6-11,13H,1-5H2,(H,22,28)(H,23,27)(H,25,29). The maximum absolute atomic E-state index is 12.6. The SMILES string of the molecule is O=C(Nc1ccc(Cl)c(C(=O)NC2CCCCC2)c1)c1ccc2n[nH]c(=O)n2c1. The quantitative estimate of drug-likeness (QED) is 0.610. The molecular formula is C20H20ClN5O3. The molecule has 1 aliphatic rings. The van der Waals surface area contributed by atoms with E-state index in [0.717, 1.165) is 25.7 Å². The minimum Gasteiger partial charge on any atom is -0.349 e. The molecule has 29 heavy (non-hydrogen) atoms. The van der Waals surface area contributed by atoms with Gasteiger partial charge in [0.1, 0.15) is 0 Å². The van der Waals surface area contributed by atoms with E-state index in [2.05, 4.69) is 20.8 Å². The Labute approximate surface area is 171 Å². The summed E-state index contributed by atoms with van der Waals surface area (Å²) in [6.45, 7) is 0. The number of halogens is 1. The third kappa shape index (κ3) is 4.17. The molecule has 4 rings (SSSR count). The monoisotopic (exact) mass is 413 g/mol. The molecule has 0 bridgehead atoms. The number of hydrogen-bond donors (Lipinski definition) is 3. The van der Waals surface area contributed by atoms with Crippen molar-refractivity contribution < 1.29 is 9.59 Å². The number of aromatic nitrogens is 3. The number of fused-ring (bicyclic) bond motifs is 1. The number of nitrogens with one attached hydrogen (secondary N) is 3. The van der Waals surface area contributed by atoms with Crippen molar-refractivity contribution in [3.8, 4) is 0 Å². The minimum absolute atomic E-state index is 0.158. The smallest absolute Gasteiger partial charge is 0.347 e. The molecule has 2 aromatic heterocycles. The van der Waals surface area contributed by atoms with Crippen LogP contribution in [0.15, 0.2) is 41.3 Å². The van der Waals surface area contributed by atoms with Crippen LogP contribution in [0, 0.1) is 0 Å². The number of aromatic amines is 1. The second kappa shape index (κ2) is 8.08. The van der Waals surface area contributed by atoms with Crippen molar-refractivity contribution in [3.05, 3.63) is 63.2 Å². The van der Waals surface area contributed by atoms with Gasteiger partial charge in [-0.15, -0.1) is 0 Å². The van der Waals surface area contributed by atoms with Gasteiger partial charge in [0.05, 0.1) is 16.1 Å². The first-order chi connectivity index (χ1) is 14.0. The Kier molecular flexibility index (Phi) is 5.35. The average molecular weight is 414 g/mol. The zero-order valence-corrected chi connectivity index (χ0v) is 16.3. The maximum atomic E-state index is 12.6. The minimum atomic E-state index is -0.428. The van der Waals surface area contributed by atoms with Crippen LogP contribution in [-0.4, -0.2) is 32.5 Å². The fourth-order valence-corrected chi connectivity index (χ4v) is 3.73. The van der Waals surface area contributed by atoms with Crippen LogP contribution in [0.5, 0.6) is 0 Å². The van der Waals surface area contributed by atoms with Gasteiger partial charge in [-0.3, -0.25) is 9.59 Å². The van der Waals surface area contributed by atoms with E-state index in [1.54, 1.807) is 30.3 Å². The van der Waals surface area contributed by atoms with Crippen molar-refractivity contribution in [1.82, 2.24) is 19.9 Å². The highest BCUT2D eigenvalue weighted by molar-refractivity contribution is 6.34. The van der Waals surface area contributed by atoms with Crippen molar-refractivity contribution in [2.75, 3.05) is 5.32 Å². The van der Waals surface area contributed by atoms with E-state index in [0.29, 0.717) is 21.9 Å².